The fourth-order valence-corrected chi connectivity index (χ4v) is 1.54. The Morgan fingerprint density at radius 3 is 3.08 bits per heavy atom. The van der Waals surface area contributed by atoms with Crippen molar-refractivity contribution in [2.45, 2.75) is 19.6 Å². The van der Waals surface area contributed by atoms with Gasteiger partial charge >= 0.3 is 0 Å². The van der Waals surface area contributed by atoms with Crippen LogP contribution in [0.2, 0.25) is 0 Å². The highest BCUT2D eigenvalue weighted by molar-refractivity contribution is 8.02. The largest absolute Gasteiger partial charge is 0.455 e. The van der Waals surface area contributed by atoms with Crippen molar-refractivity contribution in [2.75, 3.05) is 5.75 Å². The zero-order valence-corrected chi connectivity index (χ0v) is 8.02. The quantitative estimate of drug-likeness (QED) is 0.685. The van der Waals surface area contributed by atoms with Crippen LogP contribution >= 0.6 is 11.8 Å². The maximum Gasteiger partial charge on any atom is 0.235 e. The molecule has 0 aromatic heterocycles. The Bertz CT molecular complexity index is 237. The van der Waals surface area contributed by atoms with Crippen molar-refractivity contribution in [2.24, 2.45) is 5.11 Å². The molecule has 0 saturated heterocycles. The van der Waals surface area contributed by atoms with Gasteiger partial charge in [-0.1, -0.05) is 24.8 Å². The third-order valence-electron chi connectivity index (χ3n) is 1.45. The number of ether oxygens (including phenoxy) is 1. The van der Waals surface area contributed by atoms with Gasteiger partial charge in [0.15, 0.2) is 5.09 Å². The molecule has 1 N–H and O–H groups in total. The summed E-state index contributed by atoms with van der Waals surface area (Å²) >= 11 is 1.61. The molecular weight excluding hydrogens is 172 g/mol. The molecule has 0 amide bonds. The first-order valence-corrected chi connectivity index (χ1v) is 4.78. The van der Waals surface area contributed by atoms with Crippen LogP contribution in [0.4, 0.5) is 0 Å². The molecule has 1 aliphatic rings. The standard InChI is InChI=1S/C8H12N2OS/c1-3-12-7-5-4-6-8(2,10-9)11-7/h4-6,9H,3H2,1-2H3. The van der Waals surface area contributed by atoms with Crippen molar-refractivity contribution in [1.29, 1.82) is 5.53 Å². The van der Waals surface area contributed by atoms with E-state index in [1.54, 1.807) is 24.8 Å². The van der Waals surface area contributed by atoms with E-state index in [0.717, 1.165) is 10.8 Å². The smallest absolute Gasteiger partial charge is 0.235 e. The number of hydrogen-bond donors (Lipinski definition) is 1. The van der Waals surface area contributed by atoms with Gasteiger partial charge in [0.2, 0.25) is 5.72 Å². The Morgan fingerprint density at radius 1 is 1.75 bits per heavy atom. The highest BCUT2D eigenvalue weighted by Gasteiger charge is 2.24. The zero-order valence-electron chi connectivity index (χ0n) is 7.20. The predicted molar refractivity (Wildman–Crippen MR) is 50.0 cm³/mol. The molecule has 4 heteroatoms. The minimum absolute atomic E-state index is 0.785. The summed E-state index contributed by atoms with van der Waals surface area (Å²) < 4.78 is 5.45. The van der Waals surface area contributed by atoms with Crippen molar-refractivity contribution < 1.29 is 4.74 Å². The van der Waals surface area contributed by atoms with Crippen LogP contribution in [-0.2, 0) is 4.74 Å². The first-order chi connectivity index (χ1) is 5.70. The molecule has 1 atom stereocenters. The summed E-state index contributed by atoms with van der Waals surface area (Å²) in [5.74, 6) is 0.966. The van der Waals surface area contributed by atoms with E-state index in [1.807, 2.05) is 12.2 Å². The van der Waals surface area contributed by atoms with Gasteiger partial charge in [0, 0.05) is 6.92 Å². The lowest BCUT2D eigenvalue weighted by molar-refractivity contribution is 0.0743. The maximum absolute atomic E-state index is 6.93. The van der Waals surface area contributed by atoms with Gasteiger partial charge in [-0.25, -0.2) is 5.53 Å². The summed E-state index contributed by atoms with van der Waals surface area (Å²) in [5.41, 5.74) is 6.14. The van der Waals surface area contributed by atoms with Gasteiger partial charge in [0.05, 0.1) is 0 Å². The summed E-state index contributed by atoms with van der Waals surface area (Å²) in [6.07, 6.45) is 5.53. The number of nitrogens with zero attached hydrogens (tertiary/aromatic N) is 1. The molecule has 1 aliphatic heterocycles. The van der Waals surface area contributed by atoms with Gasteiger partial charge in [0.25, 0.3) is 0 Å². The molecule has 0 aromatic rings. The van der Waals surface area contributed by atoms with Crippen molar-refractivity contribution in [3.63, 3.8) is 0 Å². The van der Waals surface area contributed by atoms with Gasteiger partial charge in [-0.05, 0) is 17.9 Å². The topological polar surface area (TPSA) is 45.4 Å². The molecule has 1 rings (SSSR count). The Kier molecular flexibility index (Phi) is 2.92. The van der Waals surface area contributed by atoms with E-state index in [0.29, 0.717) is 0 Å². The maximum atomic E-state index is 6.93. The Morgan fingerprint density at radius 2 is 2.50 bits per heavy atom. The lowest BCUT2D eigenvalue weighted by Crippen LogP contribution is -2.23. The van der Waals surface area contributed by atoms with E-state index in [2.05, 4.69) is 12.0 Å². The van der Waals surface area contributed by atoms with Crippen LogP contribution < -0.4 is 0 Å². The van der Waals surface area contributed by atoms with E-state index in [1.165, 1.54) is 0 Å². The molecule has 1 unspecified atom stereocenters. The number of allylic oxidation sites excluding steroid dienone is 2. The molecule has 66 valence electrons. The summed E-state index contributed by atoms with van der Waals surface area (Å²) in [6, 6.07) is 0. The molecule has 0 radical (unpaired) electrons. The van der Waals surface area contributed by atoms with E-state index < -0.39 is 5.72 Å². The third kappa shape index (κ3) is 2.11. The number of nitrogens with one attached hydrogen (secondary N) is 1. The van der Waals surface area contributed by atoms with Gasteiger partial charge in [0.1, 0.15) is 0 Å². The fraction of sp³-hybridized carbons (Fsp3) is 0.500. The van der Waals surface area contributed by atoms with Crippen LogP contribution in [0.3, 0.4) is 0 Å². The van der Waals surface area contributed by atoms with E-state index >= 15 is 0 Å². The summed E-state index contributed by atoms with van der Waals surface area (Å²) in [5, 5.41) is 4.23. The number of hydrogen-bond acceptors (Lipinski definition) is 4. The van der Waals surface area contributed by atoms with Crippen LogP contribution in [0.5, 0.6) is 0 Å². The highest BCUT2D eigenvalue weighted by Crippen LogP contribution is 2.29. The number of rotatable bonds is 3. The molecule has 0 fully saturated rings. The first kappa shape index (κ1) is 9.32. The normalized spacial score (nSPS) is 27.7. The molecule has 12 heavy (non-hydrogen) atoms. The molecular formula is C8H12N2OS. The Hall–Kier alpha value is -0.770. The fourth-order valence-electron chi connectivity index (χ4n) is 0.857. The third-order valence-corrected chi connectivity index (χ3v) is 2.25. The van der Waals surface area contributed by atoms with Crippen LogP contribution in [-0.4, -0.2) is 11.5 Å². The average molecular weight is 184 g/mol. The molecule has 0 bridgehead atoms. The van der Waals surface area contributed by atoms with Crippen LogP contribution in [0.25, 0.3) is 0 Å². The minimum Gasteiger partial charge on any atom is -0.455 e. The van der Waals surface area contributed by atoms with Crippen LogP contribution in [0.15, 0.2) is 28.4 Å². The highest BCUT2D eigenvalue weighted by atomic mass is 32.2. The van der Waals surface area contributed by atoms with Crippen molar-refractivity contribution in [3.8, 4) is 0 Å². The molecule has 3 nitrogen and oxygen atoms in total. The lowest BCUT2D eigenvalue weighted by Gasteiger charge is -2.24. The van der Waals surface area contributed by atoms with Crippen LogP contribution in [0.1, 0.15) is 13.8 Å². The van der Waals surface area contributed by atoms with Gasteiger partial charge in [-0.3, -0.25) is 0 Å². The lowest BCUT2D eigenvalue weighted by atomic mass is 10.2. The van der Waals surface area contributed by atoms with E-state index in [9.17, 15) is 0 Å². The minimum atomic E-state index is -0.785. The molecule has 0 saturated carbocycles. The summed E-state index contributed by atoms with van der Waals surface area (Å²) in [6.45, 7) is 3.82. The molecule has 0 aromatic carbocycles. The average Bonchev–Trinajstić information content (AvgIpc) is 2.05. The molecule has 0 aliphatic carbocycles. The SMILES string of the molecule is CCSC1=CC=CC(C)(N=N)O1. The monoisotopic (exact) mass is 184 g/mol. The second kappa shape index (κ2) is 3.76. The van der Waals surface area contributed by atoms with Crippen molar-refractivity contribution >= 4 is 11.8 Å². The predicted octanol–water partition coefficient (Wildman–Crippen LogP) is 2.91. The summed E-state index contributed by atoms with van der Waals surface area (Å²) in [7, 11) is 0. The van der Waals surface area contributed by atoms with Crippen LogP contribution in [0, 0.1) is 5.53 Å². The molecule has 0 spiro atoms. The Labute approximate surface area is 76.4 Å². The number of thioether (sulfide) groups is 1. The zero-order chi connectivity index (χ0) is 9.03. The van der Waals surface area contributed by atoms with Crippen molar-refractivity contribution in [3.05, 3.63) is 23.3 Å². The van der Waals surface area contributed by atoms with E-state index in [-0.39, 0.29) is 0 Å². The van der Waals surface area contributed by atoms with Crippen molar-refractivity contribution in [1.82, 2.24) is 0 Å². The second-order valence-corrected chi connectivity index (χ2v) is 3.81. The second-order valence-electron chi connectivity index (χ2n) is 2.55. The van der Waals surface area contributed by atoms with Gasteiger partial charge < -0.3 is 4.74 Å². The first-order valence-electron chi connectivity index (χ1n) is 3.80. The summed E-state index contributed by atoms with van der Waals surface area (Å²) in [4.78, 5) is 0. The Balaban J connectivity index is 2.66. The van der Waals surface area contributed by atoms with Gasteiger partial charge in [-0.15, -0.1) is 5.11 Å². The molecule has 1 heterocycles. The van der Waals surface area contributed by atoms with E-state index in [4.69, 9.17) is 10.3 Å². The van der Waals surface area contributed by atoms with Gasteiger partial charge in [-0.2, -0.15) is 0 Å².